The molecule has 0 amide bonds. The highest BCUT2D eigenvalue weighted by atomic mass is 35.5. The van der Waals surface area contributed by atoms with Crippen molar-refractivity contribution in [3.63, 3.8) is 0 Å². The first-order chi connectivity index (χ1) is 7.56. The molecule has 1 atom stereocenters. The average molecular weight is 265 g/mol. The second-order valence-corrected chi connectivity index (χ2v) is 3.44. The van der Waals surface area contributed by atoms with E-state index < -0.39 is 16.8 Å². The van der Waals surface area contributed by atoms with Crippen LogP contribution in [-0.2, 0) is 0 Å². The fourth-order valence-corrected chi connectivity index (χ4v) is 1.40. The highest BCUT2D eigenvalue weighted by molar-refractivity contribution is 5.85. The molecule has 1 rings (SSSR count). The minimum Gasteiger partial charge on any atom is -0.396 e. The maximum absolute atomic E-state index is 13.3. The number of nitro groups is 1. The number of benzene rings is 1. The third-order valence-corrected chi connectivity index (χ3v) is 2.26. The quantitative estimate of drug-likeness (QED) is 0.628. The Labute approximate surface area is 104 Å². The summed E-state index contributed by atoms with van der Waals surface area (Å²) in [5, 5.41) is 19.1. The summed E-state index contributed by atoms with van der Waals surface area (Å²) in [6.07, 6.45) is 0.817. The number of nitro benzene ring substituents is 1. The molecule has 0 aliphatic carbocycles. The zero-order valence-electron chi connectivity index (χ0n) is 9.01. The van der Waals surface area contributed by atoms with Gasteiger partial charge in [-0.25, -0.2) is 4.39 Å². The molecule has 0 spiro atoms. The number of halogens is 2. The molecule has 0 fully saturated rings. The van der Waals surface area contributed by atoms with Crippen molar-refractivity contribution in [3.05, 3.63) is 39.7 Å². The lowest BCUT2D eigenvalue weighted by atomic mass is 10.0. The van der Waals surface area contributed by atoms with Gasteiger partial charge in [0.1, 0.15) is 5.82 Å². The van der Waals surface area contributed by atoms with Crippen LogP contribution in [0, 0.1) is 15.9 Å². The van der Waals surface area contributed by atoms with Gasteiger partial charge in [0, 0.05) is 30.3 Å². The van der Waals surface area contributed by atoms with Gasteiger partial charge in [-0.1, -0.05) is 0 Å². The number of non-ortho nitro benzene ring substituents is 1. The molecule has 17 heavy (non-hydrogen) atoms. The van der Waals surface area contributed by atoms with Crippen LogP contribution in [0.5, 0.6) is 0 Å². The maximum Gasteiger partial charge on any atom is 0.269 e. The topological polar surface area (TPSA) is 89.4 Å². The van der Waals surface area contributed by atoms with Crippen molar-refractivity contribution in [2.75, 3.05) is 6.61 Å². The van der Waals surface area contributed by atoms with Crippen LogP contribution in [0.2, 0.25) is 0 Å². The molecule has 1 aromatic rings. The molecule has 96 valence electrons. The van der Waals surface area contributed by atoms with E-state index in [1.165, 1.54) is 0 Å². The summed E-state index contributed by atoms with van der Waals surface area (Å²) in [4.78, 5) is 9.91. The van der Waals surface area contributed by atoms with Crippen molar-refractivity contribution >= 4 is 18.1 Å². The highest BCUT2D eigenvalue weighted by Crippen LogP contribution is 2.23. The number of nitrogens with zero attached hydrogens (tertiary/aromatic N) is 1. The second-order valence-electron chi connectivity index (χ2n) is 3.44. The molecule has 0 unspecified atom stereocenters. The van der Waals surface area contributed by atoms with E-state index in [-0.39, 0.29) is 30.3 Å². The molecule has 0 aliphatic heterocycles. The van der Waals surface area contributed by atoms with Gasteiger partial charge >= 0.3 is 0 Å². The van der Waals surface area contributed by atoms with E-state index in [9.17, 15) is 14.5 Å². The first-order valence-electron chi connectivity index (χ1n) is 4.86. The Morgan fingerprint density at radius 2 is 2.18 bits per heavy atom. The summed E-state index contributed by atoms with van der Waals surface area (Å²) < 4.78 is 13.3. The third kappa shape index (κ3) is 4.26. The van der Waals surface area contributed by atoms with Crippen molar-refractivity contribution in [3.8, 4) is 0 Å². The Balaban J connectivity index is 0.00000256. The summed E-state index contributed by atoms with van der Waals surface area (Å²) in [6.45, 7) is -0.0375. The number of aliphatic hydroxyl groups excluding tert-OH is 1. The van der Waals surface area contributed by atoms with Crippen LogP contribution in [0.25, 0.3) is 0 Å². The van der Waals surface area contributed by atoms with E-state index in [1.54, 1.807) is 0 Å². The van der Waals surface area contributed by atoms with Crippen molar-refractivity contribution in [1.82, 2.24) is 0 Å². The summed E-state index contributed by atoms with van der Waals surface area (Å²) in [7, 11) is 0. The molecule has 0 saturated heterocycles. The smallest absolute Gasteiger partial charge is 0.269 e. The Morgan fingerprint density at radius 3 is 2.71 bits per heavy atom. The molecule has 3 N–H and O–H groups in total. The molecule has 0 aliphatic rings. The Kier molecular flexibility index (Phi) is 6.64. The lowest BCUT2D eigenvalue weighted by Crippen LogP contribution is -2.13. The van der Waals surface area contributed by atoms with Crippen molar-refractivity contribution < 1.29 is 14.4 Å². The van der Waals surface area contributed by atoms with Crippen molar-refractivity contribution in [2.24, 2.45) is 5.73 Å². The van der Waals surface area contributed by atoms with E-state index in [2.05, 4.69) is 0 Å². The van der Waals surface area contributed by atoms with Crippen LogP contribution in [-0.4, -0.2) is 16.6 Å². The van der Waals surface area contributed by atoms with Gasteiger partial charge in [-0.05, 0) is 18.9 Å². The summed E-state index contributed by atoms with van der Waals surface area (Å²) in [5.74, 6) is -0.559. The first-order valence-corrected chi connectivity index (χ1v) is 4.86. The molecule has 1 aromatic carbocycles. The minimum absolute atomic E-state index is 0. The number of rotatable bonds is 5. The van der Waals surface area contributed by atoms with E-state index in [0.717, 1.165) is 18.2 Å². The van der Waals surface area contributed by atoms with Crippen LogP contribution in [0.1, 0.15) is 24.4 Å². The monoisotopic (exact) mass is 264 g/mol. The number of aliphatic hydroxyl groups is 1. The molecule has 0 radical (unpaired) electrons. The molecule has 0 heterocycles. The fraction of sp³-hybridized carbons (Fsp3) is 0.400. The van der Waals surface area contributed by atoms with Gasteiger partial charge in [0.05, 0.1) is 4.92 Å². The number of hydrogen-bond donors (Lipinski definition) is 2. The van der Waals surface area contributed by atoms with Gasteiger partial charge in [-0.2, -0.15) is 0 Å². The van der Waals surface area contributed by atoms with Crippen LogP contribution in [0.4, 0.5) is 10.1 Å². The zero-order valence-corrected chi connectivity index (χ0v) is 9.82. The molecular weight excluding hydrogens is 251 g/mol. The predicted molar refractivity (Wildman–Crippen MR) is 63.6 cm³/mol. The average Bonchev–Trinajstić information content (AvgIpc) is 2.26. The first kappa shape index (κ1) is 15.8. The SMILES string of the molecule is Cl.N[C@H](CCCO)c1cc([N+](=O)[O-])ccc1F. The van der Waals surface area contributed by atoms with Gasteiger partial charge in [0.25, 0.3) is 5.69 Å². The molecule has 7 heteroatoms. The molecule has 5 nitrogen and oxygen atoms in total. The predicted octanol–water partition coefficient (Wildman–Crippen LogP) is 1.93. The summed E-state index contributed by atoms with van der Waals surface area (Å²) in [5.41, 5.74) is 5.61. The molecular formula is C10H14ClFN2O3. The van der Waals surface area contributed by atoms with Gasteiger partial charge in [-0.15, -0.1) is 12.4 Å². The van der Waals surface area contributed by atoms with E-state index in [1.807, 2.05) is 0 Å². The highest BCUT2D eigenvalue weighted by Gasteiger charge is 2.15. The minimum atomic E-state index is -0.632. The van der Waals surface area contributed by atoms with Crippen LogP contribution < -0.4 is 5.73 Å². The summed E-state index contributed by atoms with van der Waals surface area (Å²) in [6, 6.07) is 2.63. The standard InChI is InChI=1S/C10H13FN2O3.ClH/c11-9-4-3-7(13(15)16)6-8(9)10(12)2-1-5-14;/h3-4,6,10,14H,1-2,5,12H2;1H/t10-;/m1./s1. The van der Waals surface area contributed by atoms with Crippen LogP contribution >= 0.6 is 12.4 Å². The Bertz CT molecular complexity index is 390. The zero-order chi connectivity index (χ0) is 12.1. The maximum atomic E-state index is 13.3. The van der Waals surface area contributed by atoms with Gasteiger partial charge in [0.15, 0.2) is 0 Å². The number of nitrogens with two attached hydrogens (primary N) is 1. The van der Waals surface area contributed by atoms with E-state index in [0.29, 0.717) is 12.8 Å². The van der Waals surface area contributed by atoms with Crippen molar-refractivity contribution in [2.45, 2.75) is 18.9 Å². The summed E-state index contributed by atoms with van der Waals surface area (Å²) >= 11 is 0. The molecule has 0 saturated carbocycles. The lowest BCUT2D eigenvalue weighted by Gasteiger charge is -2.11. The molecule has 0 bridgehead atoms. The fourth-order valence-electron chi connectivity index (χ4n) is 1.40. The van der Waals surface area contributed by atoms with Gasteiger partial charge < -0.3 is 10.8 Å². The Hall–Kier alpha value is -1.24. The number of hydrogen-bond acceptors (Lipinski definition) is 4. The second kappa shape index (κ2) is 7.16. The van der Waals surface area contributed by atoms with Crippen molar-refractivity contribution in [1.29, 1.82) is 0 Å². The normalized spacial score (nSPS) is 11.7. The van der Waals surface area contributed by atoms with E-state index >= 15 is 0 Å². The lowest BCUT2D eigenvalue weighted by molar-refractivity contribution is -0.385. The van der Waals surface area contributed by atoms with Gasteiger partial charge in [-0.3, -0.25) is 10.1 Å². The third-order valence-electron chi connectivity index (χ3n) is 2.26. The van der Waals surface area contributed by atoms with Crippen LogP contribution in [0.3, 0.4) is 0 Å². The van der Waals surface area contributed by atoms with Crippen LogP contribution in [0.15, 0.2) is 18.2 Å². The Morgan fingerprint density at radius 1 is 1.53 bits per heavy atom. The van der Waals surface area contributed by atoms with Gasteiger partial charge in [0.2, 0.25) is 0 Å². The largest absolute Gasteiger partial charge is 0.396 e. The molecule has 0 aromatic heterocycles. The van der Waals surface area contributed by atoms with E-state index in [4.69, 9.17) is 10.8 Å².